The fraction of sp³-hybridized carbons (Fsp3) is 0.529. The fourth-order valence-electron chi connectivity index (χ4n) is 2.68. The Hall–Kier alpha value is -2.24. The maximum absolute atomic E-state index is 12.1. The molecule has 0 bridgehead atoms. The zero-order chi connectivity index (χ0) is 16.7. The average molecular weight is 320 g/mol. The predicted octanol–water partition coefficient (Wildman–Crippen LogP) is 1.97. The molecule has 0 unspecified atom stereocenters. The van der Waals surface area contributed by atoms with Crippen molar-refractivity contribution in [2.45, 2.75) is 19.8 Å². The molecular formula is C17H24N2O4. The molecule has 1 heterocycles. The average Bonchev–Trinajstić information content (AvgIpc) is 2.58. The van der Waals surface area contributed by atoms with Crippen LogP contribution in [0.15, 0.2) is 24.3 Å². The van der Waals surface area contributed by atoms with Gasteiger partial charge in [0.15, 0.2) is 0 Å². The number of benzene rings is 1. The van der Waals surface area contributed by atoms with Crippen molar-refractivity contribution in [3.8, 4) is 5.75 Å². The number of nitrogens with zero attached hydrogens (tertiary/aromatic N) is 1. The molecule has 1 saturated heterocycles. The minimum Gasteiger partial charge on any atom is -0.493 e. The van der Waals surface area contributed by atoms with E-state index >= 15 is 0 Å². The summed E-state index contributed by atoms with van der Waals surface area (Å²) in [5.41, 5.74) is 1.16. The molecule has 1 aromatic carbocycles. The van der Waals surface area contributed by atoms with Crippen molar-refractivity contribution in [1.82, 2.24) is 10.2 Å². The highest BCUT2D eigenvalue weighted by Gasteiger charge is 2.24. The van der Waals surface area contributed by atoms with E-state index in [0.29, 0.717) is 19.1 Å². The Kier molecular flexibility index (Phi) is 6.26. The third-order valence-electron chi connectivity index (χ3n) is 3.92. The van der Waals surface area contributed by atoms with Crippen molar-refractivity contribution in [3.63, 3.8) is 0 Å². The highest BCUT2D eigenvalue weighted by Crippen LogP contribution is 2.19. The number of alkyl carbamates (subject to hydrolysis) is 1. The Balaban J connectivity index is 1.78. The summed E-state index contributed by atoms with van der Waals surface area (Å²) in [4.78, 5) is 24.9. The monoisotopic (exact) mass is 320 g/mol. The van der Waals surface area contributed by atoms with Crippen LogP contribution in [0.4, 0.5) is 4.79 Å². The lowest BCUT2D eigenvalue weighted by atomic mass is 9.99. The number of ether oxygens (including phenoxy) is 2. The Morgan fingerprint density at radius 3 is 2.96 bits per heavy atom. The summed E-state index contributed by atoms with van der Waals surface area (Å²) >= 11 is 0. The minimum absolute atomic E-state index is 0.0296. The third kappa shape index (κ3) is 5.47. The zero-order valence-electron chi connectivity index (χ0n) is 13.7. The maximum Gasteiger partial charge on any atom is 0.407 e. The number of methoxy groups -OCH3 is 1. The van der Waals surface area contributed by atoms with Crippen LogP contribution < -0.4 is 10.1 Å². The molecule has 2 amide bonds. The summed E-state index contributed by atoms with van der Waals surface area (Å²) in [6, 6.07) is 7.95. The number of hydrogen-bond acceptors (Lipinski definition) is 4. The SMILES string of the molecule is COC(=O)NCC(=O)N1CCC[C@H](COc2cccc(C)c2)C1. The van der Waals surface area contributed by atoms with Gasteiger partial charge in [-0.25, -0.2) is 4.79 Å². The second kappa shape index (κ2) is 8.41. The molecule has 2 rings (SSSR count). The first kappa shape index (κ1) is 17.1. The van der Waals surface area contributed by atoms with Gasteiger partial charge in [-0.1, -0.05) is 12.1 Å². The molecule has 0 aliphatic carbocycles. The van der Waals surface area contributed by atoms with E-state index < -0.39 is 6.09 Å². The van der Waals surface area contributed by atoms with Gasteiger partial charge >= 0.3 is 6.09 Å². The molecule has 1 aliphatic rings. The zero-order valence-corrected chi connectivity index (χ0v) is 13.7. The van der Waals surface area contributed by atoms with Crippen molar-refractivity contribution < 1.29 is 19.1 Å². The molecule has 1 aromatic rings. The fourth-order valence-corrected chi connectivity index (χ4v) is 2.68. The Labute approximate surface area is 136 Å². The molecule has 126 valence electrons. The summed E-state index contributed by atoms with van der Waals surface area (Å²) in [6.07, 6.45) is 1.40. The standard InChI is InChI=1S/C17H24N2O4/c1-13-5-3-7-15(9-13)23-12-14-6-4-8-19(11-14)16(20)10-18-17(21)22-2/h3,5,7,9,14H,4,6,8,10-12H2,1-2H3,(H,18,21)/t14-/m0/s1. The van der Waals surface area contributed by atoms with Gasteiger partial charge in [-0.3, -0.25) is 4.79 Å². The number of rotatable bonds is 5. The second-order valence-electron chi connectivity index (χ2n) is 5.82. The summed E-state index contributed by atoms with van der Waals surface area (Å²) in [5.74, 6) is 1.09. The quantitative estimate of drug-likeness (QED) is 0.900. The van der Waals surface area contributed by atoms with Crippen LogP contribution >= 0.6 is 0 Å². The van der Waals surface area contributed by atoms with Crippen LogP contribution in [0.2, 0.25) is 0 Å². The second-order valence-corrected chi connectivity index (χ2v) is 5.82. The number of carbonyl (C=O) groups excluding carboxylic acids is 2. The molecular weight excluding hydrogens is 296 g/mol. The van der Waals surface area contributed by atoms with Crippen molar-refractivity contribution in [3.05, 3.63) is 29.8 Å². The van der Waals surface area contributed by atoms with E-state index in [9.17, 15) is 9.59 Å². The Morgan fingerprint density at radius 1 is 1.39 bits per heavy atom. The maximum atomic E-state index is 12.1. The lowest BCUT2D eigenvalue weighted by Crippen LogP contribution is -2.46. The molecule has 1 atom stereocenters. The van der Waals surface area contributed by atoms with E-state index in [4.69, 9.17) is 4.74 Å². The van der Waals surface area contributed by atoms with E-state index in [1.807, 2.05) is 31.2 Å². The first-order valence-electron chi connectivity index (χ1n) is 7.87. The van der Waals surface area contributed by atoms with Gasteiger partial charge in [0, 0.05) is 19.0 Å². The van der Waals surface area contributed by atoms with Crippen LogP contribution in [0.1, 0.15) is 18.4 Å². The number of piperidine rings is 1. The van der Waals surface area contributed by atoms with Crippen molar-refractivity contribution in [1.29, 1.82) is 0 Å². The van der Waals surface area contributed by atoms with Crippen LogP contribution in [0.3, 0.4) is 0 Å². The first-order valence-corrected chi connectivity index (χ1v) is 7.87. The van der Waals surface area contributed by atoms with Crippen LogP contribution in [0, 0.1) is 12.8 Å². The molecule has 1 N–H and O–H groups in total. The van der Waals surface area contributed by atoms with Gasteiger partial charge in [0.25, 0.3) is 0 Å². The molecule has 1 fully saturated rings. The Morgan fingerprint density at radius 2 is 2.22 bits per heavy atom. The molecule has 0 spiro atoms. The topological polar surface area (TPSA) is 67.9 Å². The van der Waals surface area contributed by atoms with Gasteiger partial charge < -0.3 is 19.7 Å². The highest BCUT2D eigenvalue weighted by atomic mass is 16.5. The summed E-state index contributed by atoms with van der Waals surface area (Å²) in [6.45, 7) is 3.98. The number of hydrogen-bond donors (Lipinski definition) is 1. The number of nitrogens with one attached hydrogen (secondary N) is 1. The van der Waals surface area contributed by atoms with Gasteiger partial charge in [0.05, 0.1) is 13.7 Å². The van der Waals surface area contributed by atoms with Crippen LogP contribution in [0.25, 0.3) is 0 Å². The molecule has 23 heavy (non-hydrogen) atoms. The lowest BCUT2D eigenvalue weighted by molar-refractivity contribution is -0.132. The van der Waals surface area contributed by atoms with Crippen LogP contribution in [-0.2, 0) is 9.53 Å². The first-order chi connectivity index (χ1) is 11.1. The van der Waals surface area contributed by atoms with Gasteiger partial charge in [-0.2, -0.15) is 0 Å². The normalized spacial score (nSPS) is 17.5. The molecule has 6 nitrogen and oxygen atoms in total. The van der Waals surface area contributed by atoms with Crippen LogP contribution in [0.5, 0.6) is 5.75 Å². The largest absolute Gasteiger partial charge is 0.493 e. The van der Waals surface area contributed by atoms with E-state index in [1.165, 1.54) is 7.11 Å². The van der Waals surface area contributed by atoms with Gasteiger partial charge in [0.1, 0.15) is 12.3 Å². The van der Waals surface area contributed by atoms with Crippen LogP contribution in [-0.4, -0.2) is 50.3 Å². The van der Waals surface area contributed by atoms with E-state index in [2.05, 4.69) is 10.1 Å². The number of likely N-dealkylation sites (tertiary alicyclic amines) is 1. The van der Waals surface area contributed by atoms with Crippen molar-refractivity contribution in [2.24, 2.45) is 5.92 Å². The van der Waals surface area contributed by atoms with Gasteiger partial charge in [-0.05, 0) is 37.5 Å². The highest BCUT2D eigenvalue weighted by molar-refractivity contribution is 5.82. The summed E-state index contributed by atoms with van der Waals surface area (Å²) < 4.78 is 10.3. The summed E-state index contributed by atoms with van der Waals surface area (Å²) in [7, 11) is 1.28. The smallest absolute Gasteiger partial charge is 0.407 e. The summed E-state index contributed by atoms with van der Waals surface area (Å²) in [5, 5.41) is 2.42. The Bertz CT molecular complexity index is 547. The molecule has 1 aliphatic heterocycles. The predicted molar refractivity (Wildman–Crippen MR) is 86.4 cm³/mol. The van der Waals surface area contributed by atoms with E-state index in [-0.39, 0.29) is 12.5 Å². The lowest BCUT2D eigenvalue weighted by Gasteiger charge is -2.32. The third-order valence-corrected chi connectivity index (χ3v) is 3.92. The number of amides is 2. The van der Waals surface area contributed by atoms with Crippen molar-refractivity contribution in [2.75, 3.05) is 33.4 Å². The molecule has 0 aromatic heterocycles. The number of carbonyl (C=O) groups is 2. The van der Waals surface area contributed by atoms with Gasteiger partial charge in [-0.15, -0.1) is 0 Å². The van der Waals surface area contributed by atoms with E-state index in [1.54, 1.807) is 4.90 Å². The van der Waals surface area contributed by atoms with Gasteiger partial charge in [0.2, 0.25) is 5.91 Å². The van der Waals surface area contributed by atoms with Crippen molar-refractivity contribution >= 4 is 12.0 Å². The molecule has 0 saturated carbocycles. The number of aryl methyl sites for hydroxylation is 1. The minimum atomic E-state index is -0.588. The van der Waals surface area contributed by atoms with E-state index in [0.717, 1.165) is 30.7 Å². The molecule has 6 heteroatoms. The molecule has 0 radical (unpaired) electrons.